The van der Waals surface area contributed by atoms with E-state index in [0.717, 1.165) is 11.1 Å². The fourth-order valence-corrected chi connectivity index (χ4v) is 2.68. The molecule has 0 aliphatic rings. The van der Waals surface area contributed by atoms with Gasteiger partial charge in [0.05, 0.1) is 18.5 Å². The molecule has 1 aromatic rings. The second-order valence-electron chi connectivity index (χ2n) is 4.56. The molecule has 5 heteroatoms. The molecule has 0 aliphatic heterocycles. The normalized spacial score (nSPS) is 12.0. The van der Waals surface area contributed by atoms with Crippen LogP contribution in [0.1, 0.15) is 25.0 Å². The lowest BCUT2D eigenvalue weighted by Crippen LogP contribution is -2.29. The summed E-state index contributed by atoms with van der Waals surface area (Å²) < 4.78 is 31.4. The van der Waals surface area contributed by atoms with Gasteiger partial charge in [-0.15, -0.1) is 0 Å². The Labute approximate surface area is 109 Å². The van der Waals surface area contributed by atoms with Gasteiger partial charge in [-0.05, 0) is 26.3 Å². The van der Waals surface area contributed by atoms with Crippen LogP contribution in [0.25, 0.3) is 0 Å². The first-order valence-corrected chi connectivity index (χ1v) is 7.69. The van der Waals surface area contributed by atoms with Crippen molar-refractivity contribution in [2.24, 2.45) is 0 Å². The molecular weight excluding hydrogens is 250 g/mol. The quantitative estimate of drug-likeness (QED) is 0.770. The van der Waals surface area contributed by atoms with E-state index < -0.39 is 10.0 Å². The molecular formula is C13H21NO3S. The highest BCUT2D eigenvalue weighted by Crippen LogP contribution is 2.07. The molecule has 0 aromatic heterocycles. The topological polar surface area (TPSA) is 55.4 Å². The summed E-state index contributed by atoms with van der Waals surface area (Å²) in [7, 11) is -3.28. The number of sulfonamides is 1. The zero-order valence-corrected chi connectivity index (χ0v) is 12.0. The summed E-state index contributed by atoms with van der Waals surface area (Å²) >= 11 is 0. The minimum Gasteiger partial charge on any atom is -0.377 e. The van der Waals surface area contributed by atoms with Crippen LogP contribution in [0, 0.1) is 6.92 Å². The maximum Gasteiger partial charge on any atom is 0.215 e. The van der Waals surface area contributed by atoms with E-state index in [4.69, 9.17) is 4.74 Å². The third-order valence-electron chi connectivity index (χ3n) is 2.31. The smallest absolute Gasteiger partial charge is 0.215 e. The average Bonchev–Trinajstić information content (AvgIpc) is 2.23. The van der Waals surface area contributed by atoms with E-state index in [-0.39, 0.29) is 11.9 Å². The Balaban J connectivity index is 2.45. The van der Waals surface area contributed by atoms with E-state index >= 15 is 0 Å². The molecule has 4 nitrogen and oxygen atoms in total. The van der Waals surface area contributed by atoms with Crippen LogP contribution in [0.2, 0.25) is 0 Å². The monoisotopic (exact) mass is 271 g/mol. The van der Waals surface area contributed by atoms with E-state index in [1.54, 1.807) is 0 Å². The van der Waals surface area contributed by atoms with Gasteiger partial charge in [-0.25, -0.2) is 13.1 Å². The van der Waals surface area contributed by atoms with Crippen LogP contribution in [-0.4, -0.2) is 27.7 Å². The van der Waals surface area contributed by atoms with Crippen LogP contribution in [0.4, 0.5) is 0 Å². The van der Waals surface area contributed by atoms with E-state index in [2.05, 4.69) is 4.72 Å². The van der Waals surface area contributed by atoms with Crippen LogP contribution >= 0.6 is 0 Å². The Kier molecular flexibility index (Phi) is 5.78. The molecule has 0 amide bonds. The van der Waals surface area contributed by atoms with Crippen molar-refractivity contribution in [3.05, 3.63) is 35.4 Å². The molecule has 0 spiro atoms. The van der Waals surface area contributed by atoms with Crippen LogP contribution in [0.3, 0.4) is 0 Å². The first-order chi connectivity index (χ1) is 8.39. The van der Waals surface area contributed by atoms with Gasteiger partial charge in [-0.1, -0.05) is 29.8 Å². The molecule has 0 bridgehead atoms. The lowest BCUT2D eigenvalue weighted by Gasteiger charge is -2.09. The highest BCUT2D eigenvalue weighted by atomic mass is 32.2. The fourth-order valence-electron chi connectivity index (χ4n) is 1.56. The summed E-state index contributed by atoms with van der Waals surface area (Å²) in [5, 5.41) is 0. The molecule has 1 N–H and O–H groups in total. The van der Waals surface area contributed by atoms with Crippen molar-refractivity contribution >= 4 is 10.0 Å². The van der Waals surface area contributed by atoms with Crippen LogP contribution in [0.5, 0.6) is 0 Å². The summed E-state index contributed by atoms with van der Waals surface area (Å²) in [4.78, 5) is 0. The van der Waals surface area contributed by atoms with Gasteiger partial charge in [0.1, 0.15) is 0 Å². The Hall–Kier alpha value is -0.910. The molecule has 0 aliphatic carbocycles. The summed E-state index contributed by atoms with van der Waals surface area (Å²) in [6, 6.07) is 7.50. The fraction of sp³-hybridized carbons (Fsp3) is 0.538. The van der Waals surface area contributed by atoms with Crippen LogP contribution in [-0.2, 0) is 20.5 Å². The lowest BCUT2D eigenvalue weighted by atomic mass is 10.2. The Morgan fingerprint density at radius 3 is 2.67 bits per heavy atom. The predicted molar refractivity (Wildman–Crippen MR) is 72.9 cm³/mol. The molecule has 0 saturated carbocycles. The molecule has 1 rings (SSSR count). The molecule has 18 heavy (non-hydrogen) atoms. The molecule has 0 radical (unpaired) electrons. The van der Waals surface area contributed by atoms with Gasteiger partial charge in [0.2, 0.25) is 10.0 Å². The molecule has 0 unspecified atom stereocenters. The summed E-state index contributed by atoms with van der Waals surface area (Å²) in [5.41, 5.74) is 1.86. The van der Waals surface area contributed by atoms with Gasteiger partial charge in [-0.3, -0.25) is 0 Å². The number of nitrogens with one attached hydrogen (secondary N) is 1. The maximum absolute atomic E-state index is 11.8. The van der Waals surface area contributed by atoms with E-state index in [1.807, 2.05) is 45.0 Å². The zero-order valence-electron chi connectivity index (χ0n) is 11.1. The number of aryl methyl sites for hydroxylation is 1. The van der Waals surface area contributed by atoms with Gasteiger partial charge in [0, 0.05) is 6.54 Å². The number of ether oxygens (including phenoxy) is 1. The van der Waals surface area contributed by atoms with E-state index in [9.17, 15) is 8.42 Å². The molecule has 0 heterocycles. The van der Waals surface area contributed by atoms with Gasteiger partial charge in [0.15, 0.2) is 0 Å². The van der Waals surface area contributed by atoms with Crippen LogP contribution < -0.4 is 4.72 Å². The first-order valence-electron chi connectivity index (χ1n) is 6.03. The number of rotatable bonds is 7. The molecule has 1 aromatic carbocycles. The first kappa shape index (κ1) is 15.1. The van der Waals surface area contributed by atoms with Gasteiger partial charge >= 0.3 is 0 Å². The Bertz CT molecular complexity index is 469. The predicted octanol–water partition coefficient (Wildman–Crippen LogP) is 1.84. The van der Waals surface area contributed by atoms with Crippen molar-refractivity contribution in [2.75, 3.05) is 13.2 Å². The highest BCUT2D eigenvalue weighted by Gasteiger charge is 2.10. The second-order valence-corrected chi connectivity index (χ2v) is 6.37. The Morgan fingerprint density at radius 2 is 2.06 bits per heavy atom. The molecule has 102 valence electrons. The van der Waals surface area contributed by atoms with Crippen molar-refractivity contribution in [3.63, 3.8) is 0 Å². The molecule has 0 fully saturated rings. The minimum atomic E-state index is -3.28. The van der Waals surface area contributed by atoms with E-state index in [0.29, 0.717) is 13.2 Å². The molecule has 0 saturated heterocycles. The van der Waals surface area contributed by atoms with Gasteiger partial charge in [0.25, 0.3) is 0 Å². The Morgan fingerprint density at radius 1 is 1.33 bits per heavy atom. The third-order valence-corrected chi connectivity index (χ3v) is 3.67. The SMILES string of the molecule is Cc1cccc(CS(=O)(=O)NCCOC(C)C)c1. The van der Waals surface area contributed by atoms with Crippen molar-refractivity contribution in [1.82, 2.24) is 4.72 Å². The van der Waals surface area contributed by atoms with Gasteiger partial charge in [-0.2, -0.15) is 0 Å². The van der Waals surface area contributed by atoms with Crippen LogP contribution in [0.15, 0.2) is 24.3 Å². The minimum absolute atomic E-state index is 0.0103. The second kappa shape index (κ2) is 6.87. The number of hydrogen-bond donors (Lipinski definition) is 1. The summed E-state index contributed by atoms with van der Waals surface area (Å²) in [6.07, 6.45) is 0.117. The largest absolute Gasteiger partial charge is 0.377 e. The standard InChI is InChI=1S/C13H21NO3S/c1-11(2)17-8-7-14-18(15,16)10-13-6-4-5-12(3)9-13/h4-6,9,11,14H,7-8,10H2,1-3H3. The highest BCUT2D eigenvalue weighted by molar-refractivity contribution is 7.88. The average molecular weight is 271 g/mol. The summed E-state index contributed by atoms with van der Waals surface area (Å²) in [6.45, 7) is 6.49. The van der Waals surface area contributed by atoms with Crippen molar-refractivity contribution in [2.45, 2.75) is 32.6 Å². The lowest BCUT2D eigenvalue weighted by molar-refractivity contribution is 0.0834. The van der Waals surface area contributed by atoms with Crippen molar-refractivity contribution in [3.8, 4) is 0 Å². The zero-order chi connectivity index (χ0) is 13.6. The molecule has 0 atom stereocenters. The number of benzene rings is 1. The van der Waals surface area contributed by atoms with Gasteiger partial charge < -0.3 is 4.74 Å². The maximum atomic E-state index is 11.8. The third kappa shape index (κ3) is 6.14. The number of hydrogen-bond acceptors (Lipinski definition) is 3. The van der Waals surface area contributed by atoms with E-state index in [1.165, 1.54) is 0 Å². The van der Waals surface area contributed by atoms with Crippen molar-refractivity contribution in [1.29, 1.82) is 0 Å². The van der Waals surface area contributed by atoms with Crippen molar-refractivity contribution < 1.29 is 13.2 Å². The summed E-state index contributed by atoms with van der Waals surface area (Å²) in [5.74, 6) is 0.0103.